The monoisotopic (exact) mass is 535 g/mol. The molecule has 0 saturated carbocycles. The minimum atomic E-state index is -4.74. The molecule has 11 heteroatoms. The molecule has 0 spiro atoms. The summed E-state index contributed by atoms with van der Waals surface area (Å²) in [7, 11) is -3.42. The molecule has 0 atom stereocenters. The van der Waals surface area contributed by atoms with Gasteiger partial charge in [-0.25, -0.2) is 18.1 Å². The number of hydrogen-bond donors (Lipinski definition) is 1. The number of hydrogen-bond acceptors (Lipinski definition) is 5. The molecule has 0 aliphatic heterocycles. The first-order valence-electron chi connectivity index (χ1n) is 10.6. The van der Waals surface area contributed by atoms with Gasteiger partial charge >= 0.3 is 6.18 Å². The topological polar surface area (TPSA) is 85.1 Å². The molecule has 4 aromatic rings. The van der Waals surface area contributed by atoms with E-state index < -0.39 is 27.3 Å². The number of pyridine rings is 1. The second-order valence-electron chi connectivity index (χ2n) is 8.75. The molecule has 0 saturated heterocycles. The first-order chi connectivity index (χ1) is 16.7. The van der Waals surface area contributed by atoms with Gasteiger partial charge in [0.15, 0.2) is 15.5 Å². The van der Waals surface area contributed by atoms with Crippen molar-refractivity contribution >= 4 is 21.4 Å². The lowest BCUT2D eigenvalue weighted by Gasteiger charge is -2.15. The highest BCUT2D eigenvalue weighted by molar-refractivity contribution is 7.90. The Balaban J connectivity index is 1.90. The van der Waals surface area contributed by atoms with Gasteiger partial charge in [-0.15, -0.1) is 0 Å². The molecule has 0 radical (unpaired) electrons. The fourth-order valence-electron chi connectivity index (χ4n) is 3.65. The zero-order valence-electron chi connectivity index (χ0n) is 19.4. The average Bonchev–Trinajstić information content (AvgIpc) is 3.24. The number of sulfone groups is 1. The van der Waals surface area contributed by atoms with Crippen molar-refractivity contribution in [1.29, 1.82) is 0 Å². The summed E-state index contributed by atoms with van der Waals surface area (Å²) >= 11 is 6.60. The Hall–Kier alpha value is -3.21. The summed E-state index contributed by atoms with van der Waals surface area (Å²) in [6.07, 6.45) is -2.59. The molecule has 0 fully saturated rings. The largest absolute Gasteiger partial charge is 0.435 e. The number of aromatic nitrogens is 3. The number of alkyl halides is 3. The Labute approximate surface area is 210 Å². The summed E-state index contributed by atoms with van der Waals surface area (Å²) < 4.78 is 66.1. The van der Waals surface area contributed by atoms with Crippen molar-refractivity contribution in [2.45, 2.75) is 30.5 Å². The molecular formula is C25H21ClF3N3O3S. The van der Waals surface area contributed by atoms with E-state index in [2.05, 4.69) is 10.1 Å². The number of benzene rings is 2. The maximum atomic E-state index is 13.7. The van der Waals surface area contributed by atoms with E-state index in [9.17, 15) is 26.7 Å². The first-order valence-corrected chi connectivity index (χ1v) is 12.9. The van der Waals surface area contributed by atoms with Crippen LogP contribution in [0.15, 0.2) is 71.8 Å². The third-order valence-electron chi connectivity index (χ3n) is 5.46. The van der Waals surface area contributed by atoms with Gasteiger partial charge in [-0.05, 0) is 61.4 Å². The van der Waals surface area contributed by atoms with E-state index in [0.717, 1.165) is 17.1 Å². The van der Waals surface area contributed by atoms with E-state index in [4.69, 9.17) is 11.6 Å². The zero-order chi connectivity index (χ0) is 26.5. The molecule has 0 bridgehead atoms. The highest BCUT2D eigenvalue weighted by atomic mass is 35.5. The van der Waals surface area contributed by atoms with Gasteiger partial charge in [0.05, 0.1) is 27.0 Å². The predicted molar refractivity (Wildman–Crippen MR) is 131 cm³/mol. The van der Waals surface area contributed by atoms with E-state index in [1.54, 1.807) is 30.3 Å². The molecule has 0 amide bonds. The van der Waals surface area contributed by atoms with Crippen LogP contribution >= 0.6 is 11.6 Å². The molecule has 0 aliphatic rings. The van der Waals surface area contributed by atoms with E-state index in [1.165, 1.54) is 44.2 Å². The third-order valence-corrected chi connectivity index (χ3v) is 6.88. The van der Waals surface area contributed by atoms with Crippen LogP contribution in [0.25, 0.3) is 28.1 Å². The standard InChI is InChI=1S/C25H21ClF3N3O3S/c1-24(2,33)22-14-21(32(31-22)20-8-5-11-30-23(20)25(27,28)29)18-10-9-16(13-19(18)26)15-6-4-7-17(12-15)36(3,34)35/h4-14,33H,1-3H3. The van der Waals surface area contributed by atoms with Gasteiger partial charge in [-0.2, -0.15) is 18.3 Å². The summed E-state index contributed by atoms with van der Waals surface area (Å²) in [5.41, 5.74) is -0.983. The SMILES string of the molecule is CC(C)(O)c1cc(-c2ccc(-c3cccc(S(C)(=O)=O)c3)cc2Cl)n(-c2cccnc2C(F)(F)F)n1. The van der Waals surface area contributed by atoms with Crippen LogP contribution in [0.2, 0.25) is 5.02 Å². The third kappa shape index (κ3) is 5.16. The van der Waals surface area contributed by atoms with Crippen LogP contribution in [0.3, 0.4) is 0 Å². The van der Waals surface area contributed by atoms with Crippen molar-refractivity contribution < 1.29 is 26.7 Å². The van der Waals surface area contributed by atoms with E-state index >= 15 is 0 Å². The maximum Gasteiger partial charge on any atom is 0.435 e. The van der Waals surface area contributed by atoms with Crippen LogP contribution in [-0.2, 0) is 21.6 Å². The number of halogens is 4. The molecule has 0 aliphatic carbocycles. The molecule has 0 unspecified atom stereocenters. The predicted octanol–water partition coefficient (Wildman–Crippen LogP) is 5.90. The average molecular weight is 536 g/mol. The van der Waals surface area contributed by atoms with Gasteiger partial charge in [-0.1, -0.05) is 35.9 Å². The van der Waals surface area contributed by atoms with Gasteiger partial charge in [-0.3, -0.25) is 0 Å². The van der Waals surface area contributed by atoms with Crippen molar-refractivity contribution in [2.24, 2.45) is 0 Å². The number of aliphatic hydroxyl groups is 1. The Bertz CT molecular complexity index is 1560. The molecule has 2 aromatic carbocycles. The summed E-state index contributed by atoms with van der Waals surface area (Å²) in [6, 6.07) is 15.3. The minimum Gasteiger partial charge on any atom is -0.384 e. The van der Waals surface area contributed by atoms with Gasteiger partial charge in [0.2, 0.25) is 0 Å². The van der Waals surface area contributed by atoms with Gasteiger partial charge in [0.25, 0.3) is 0 Å². The highest BCUT2D eigenvalue weighted by Crippen LogP contribution is 2.38. The van der Waals surface area contributed by atoms with E-state index in [1.807, 2.05) is 0 Å². The molecule has 36 heavy (non-hydrogen) atoms. The van der Waals surface area contributed by atoms with Crippen molar-refractivity contribution in [3.63, 3.8) is 0 Å². The van der Waals surface area contributed by atoms with Gasteiger partial charge < -0.3 is 5.11 Å². The fraction of sp³-hybridized carbons (Fsp3) is 0.200. The Morgan fingerprint density at radius 2 is 1.67 bits per heavy atom. The Morgan fingerprint density at radius 3 is 2.28 bits per heavy atom. The van der Waals surface area contributed by atoms with Crippen molar-refractivity contribution in [1.82, 2.24) is 14.8 Å². The molecule has 2 aromatic heterocycles. The lowest BCUT2D eigenvalue weighted by molar-refractivity contribution is -0.141. The van der Waals surface area contributed by atoms with Crippen LogP contribution in [0.4, 0.5) is 13.2 Å². The van der Waals surface area contributed by atoms with E-state index in [-0.39, 0.29) is 27.0 Å². The van der Waals surface area contributed by atoms with Crippen LogP contribution in [0, 0.1) is 0 Å². The van der Waals surface area contributed by atoms with Crippen LogP contribution in [0.5, 0.6) is 0 Å². The second-order valence-corrected chi connectivity index (χ2v) is 11.2. The summed E-state index contributed by atoms with van der Waals surface area (Å²) in [4.78, 5) is 3.65. The van der Waals surface area contributed by atoms with Crippen LogP contribution in [0.1, 0.15) is 25.2 Å². The van der Waals surface area contributed by atoms with E-state index in [0.29, 0.717) is 16.7 Å². The van der Waals surface area contributed by atoms with Crippen molar-refractivity contribution in [3.05, 3.63) is 83.3 Å². The van der Waals surface area contributed by atoms with Gasteiger partial charge in [0.1, 0.15) is 5.60 Å². The molecular weight excluding hydrogens is 515 g/mol. The fourth-order valence-corrected chi connectivity index (χ4v) is 4.59. The smallest absolute Gasteiger partial charge is 0.384 e. The summed E-state index contributed by atoms with van der Waals surface area (Å²) in [6.45, 7) is 2.94. The molecule has 188 valence electrons. The summed E-state index contributed by atoms with van der Waals surface area (Å²) in [5, 5.41) is 15.0. The van der Waals surface area contributed by atoms with Crippen LogP contribution < -0.4 is 0 Å². The van der Waals surface area contributed by atoms with Crippen molar-refractivity contribution in [2.75, 3.05) is 6.26 Å². The molecule has 6 nitrogen and oxygen atoms in total. The zero-order valence-corrected chi connectivity index (χ0v) is 20.9. The lowest BCUT2D eigenvalue weighted by atomic mass is 10.0. The highest BCUT2D eigenvalue weighted by Gasteiger charge is 2.37. The number of rotatable bonds is 5. The minimum absolute atomic E-state index is 0.135. The summed E-state index contributed by atoms with van der Waals surface area (Å²) in [5.74, 6) is 0. The molecule has 1 N–H and O–H groups in total. The molecule has 4 rings (SSSR count). The van der Waals surface area contributed by atoms with Crippen LogP contribution in [-0.4, -0.2) is 34.5 Å². The number of nitrogens with zero attached hydrogens (tertiary/aromatic N) is 3. The first kappa shape index (κ1) is 25.9. The molecule has 2 heterocycles. The Kier molecular flexibility index (Phi) is 6.48. The lowest BCUT2D eigenvalue weighted by Crippen LogP contribution is -2.18. The normalized spacial score (nSPS) is 12.7. The quantitative estimate of drug-likeness (QED) is 0.344. The maximum absolute atomic E-state index is 13.7. The Morgan fingerprint density at radius 1 is 0.972 bits per heavy atom. The van der Waals surface area contributed by atoms with Gasteiger partial charge in [0, 0.05) is 18.0 Å². The van der Waals surface area contributed by atoms with Crippen molar-refractivity contribution in [3.8, 4) is 28.1 Å². The second kappa shape index (κ2) is 9.02.